The first kappa shape index (κ1) is 13.8. The topological polar surface area (TPSA) is 59.3 Å². The molecule has 0 aliphatic heterocycles. The summed E-state index contributed by atoms with van der Waals surface area (Å²) >= 11 is 0. The zero-order valence-electron chi connectivity index (χ0n) is 10.7. The smallest absolute Gasteiger partial charge is 0.349 e. The number of hydrogen-bond acceptors (Lipinski definition) is 4. The number of hydrogen-bond donors (Lipinski definition) is 0. The molecule has 1 aromatic carbocycles. The molecule has 1 rings (SSSR count). The Morgan fingerprint density at radius 1 is 1.39 bits per heavy atom. The summed E-state index contributed by atoms with van der Waals surface area (Å²) in [7, 11) is 1.54. The standard InChI is InChI=1S/C14H15NO3/c1-4-18-14(16)12(9-15)10(2)11-7-5-6-8-13(11)17-3/h5-8H,4H2,1-3H3. The van der Waals surface area contributed by atoms with E-state index in [1.165, 1.54) is 0 Å². The van der Waals surface area contributed by atoms with Gasteiger partial charge in [0.1, 0.15) is 17.4 Å². The third-order valence-corrected chi connectivity index (χ3v) is 2.48. The molecule has 0 heterocycles. The zero-order valence-corrected chi connectivity index (χ0v) is 10.7. The summed E-state index contributed by atoms with van der Waals surface area (Å²) in [6, 6.07) is 9.11. The molecule has 0 radical (unpaired) electrons. The number of allylic oxidation sites excluding steroid dienone is 1. The van der Waals surface area contributed by atoms with Crippen LogP contribution in [0.2, 0.25) is 0 Å². The molecule has 0 unspecified atom stereocenters. The van der Waals surface area contributed by atoms with Gasteiger partial charge in [0.05, 0.1) is 13.7 Å². The van der Waals surface area contributed by atoms with Crippen molar-refractivity contribution in [2.45, 2.75) is 13.8 Å². The highest BCUT2D eigenvalue weighted by molar-refractivity contribution is 6.01. The first-order valence-electron chi connectivity index (χ1n) is 5.57. The van der Waals surface area contributed by atoms with E-state index in [0.717, 1.165) is 0 Å². The van der Waals surface area contributed by atoms with Gasteiger partial charge >= 0.3 is 5.97 Å². The number of rotatable bonds is 4. The molecule has 0 fully saturated rings. The number of nitriles is 1. The Morgan fingerprint density at radius 3 is 2.61 bits per heavy atom. The Bertz CT molecular complexity index is 512. The lowest BCUT2D eigenvalue weighted by Gasteiger charge is -2.10. The quantitative estimate of drug-likeness (QED) is 0.464. The summed E-state index contributed by atoms with van der Waals surface area (Å²) in [4.78, 5) is 11.6. The summed E-state index contributed by atoms with van der Waals surface area (Å²) in [5.74, 6) is 0.00968. The fourth-order valence-corrected chi connectivity index (χ4v) is 1.57. The lowest BCUT2D eigenvalue weighted by molar-refractivity contribution is -0.137. The van der Waals surface area contributed by atoms with Crippen LogP contribution in [0.5, 0.6) is 5.75 Å². The molecular formula is C14H15NO3. The number of ether oxygens (including phenoxy) is 2. The molecule has 0 bridgehead atoms. The average Bonchev–Trinajstić information content (AvgIpc) is 2.39. The van der Waals surface area contributed by atoms with E-state index in [-0.39, 0.29) is 12.2 Å². The molecule has 18 heavy (non-hydrogen) atoms. The molecule has 4 heteroatoms. The van der Waals surface area contributed by atoms with Crippen molar-refractivity contribution < 1.29 is 14.3 Å². The molecule has 0 saturated carbocycles. The lowest BCUT2D eigenvalue weighted by atomic mass is 10.0. The minimum atomic E-state index is -0.608. The monoisotopic (exact) mass is 245 g/mol. The number of nitrogens with zero attached hydrogens (tertiary/aromatic N) is 1. The molecule has 0 aromatic heterocycles. The molecular weight excluding hydrogens is 230 g/mol. The van der Waals surface area contributed by atoms with Gasteiger partial charge in [0.2, 0.25) is 0 Å². The Balaban J connectivity index is 3.28. The van der Waals surface area contributed by atoms with Gasteiger partial charge in [0.25, 0.3) is 0 Å². The Hall–Kier alpha value is -2.28. The third-order valence-electron chi connectivity index (χ3n) is 2.48. The molecule has 94 valence electrons. The summed E-state index contributed by atoms with van der Waals surface area (Å²) in [5, 5.41) is 9.07. The number of esters is 1. The molecule has 0 aliphatic rings. The largest absolute Gasteiger partial charge is 0.496 e. The second-order valence-electron chi connectivity index (χ2n) is 3.53. The SMILES string of the molecule is CCOC(=O)C(C#N)=C(C)c1ccccc1OC. The third kappa shape index (κ3) is 2.89. The van der Waals surface area contributed by atoms with E-state index in [1.54, 1.807) is 33.1 Å². The molecule has 0 aliphatic carbocycles. The maximum absolute atomic E-state index is 11.6. The van der Waals surface area contributed by atoms with E-state index in [9.17, 15) is 4.79 Å². The van der Waals surface area contributed by atoms with E-state index in [2.05, 4.69) is 0 Å². The lowest BCUT2D eigenvalue weighted by Crippen LogP contribution is -2.08. The first-order valence-corrected chi connectivity index (χ1v) is 5.57. The van der Waals surface area contributed by atoms with Crippen LogP contribution in [0.15, 0.2) is 29.8 Å². The minimum absolute atomic E-state index is 0.00125. The van der Waals surface area contributed by atoms with Crippen molar-refractivity contribution in [1.82, 2.24) is 0 Å². The van der Waals surface area contributed by atoms with Crippen molar-refractivity contribution >= 4 is 11.5 Å². The maximum atomic E-state index is 11.6. The van der Waals surface area contributed by atoms with Crippen molar-refractivity contribution in [2.24, 2.45) is 0 Å². The van der Waals surface area contributed by atoms with Crippen molar-refractivity contribution in [2.75, 3.05) is 13.7 Å². The van der Waals surface area contributed by atoms with Crippen molar-refractivity contribution in [3.8, 4) is 11.8 Å². The number of carbonyl (C=O) groups is 1. The van der Waals surface area contributed by atoms with Gasteiger partial charge < -0.3 is 9.47 Å². The van der Waals surface area contributed by atoms with Crippen LogP contribution in [0.25, 0.3) is 5.57 Å². The van der Waals surface area contributed by atoms with Crippen LogP contribution >= 0.6 is 0 Å². The fraction of sp³-hybridized carbons (Fsp3) is 0.286. The Kier molecular flexibility index (Phi) is 4.94. The second kappa shape index (κ2) is 6.45. The summed E-state index contributed by atoms with van der Waals surface area (Å²) < 4.78 is 10.1. The number of benzene rings is 1. The van der Waals surface area contributed by atoms with Crippen LogP contribution in [-0.2, 0) is 9.53 Å². The van der Waals surface area contributed by atoms with Gasteiger partial charge in [-0.3, -0.25) is 0 Å². The van der Waals surface area contributed by atoms with Crippen molar-refractivity contribution in [3.05, 3.63) is 35.4 Å². The van der Waals surface area contributed by atoms with Crippen LogP contribution in [-0.4, -0.2) is 19.7 Å². The number of para-hydroxylation sites is 1. The highest BCUT2D eigenvalue weighted by atomic mass is 16.5. The van der Waals surface area contributed by atoms with Crippen LogP contribution in [0.3, 0.4) is 0 Å². The van der Waals surface area contributed by atoms with Gasteiger partial charge in [-0.25, -0.2) is 4.79 Å². The minimum Gasteiger partial charge on any atom is -0.496 e. The van der Waals surface area contributed by atoms with Gasteiger partial charge in [-0.05, 0) is 25.5 Å². The number of carbonyl (C=O) groups excluding carboxylic acids is 1. The molecule has 1 aromatic rings. The zero-order chi connectivity index (χ0) is 13.5. The maximum Gasteiger partial charge on any atom is 0.349 e. The van der Waals surface area contributed by atoms with E-state index in [0.29, 0.717) is 16.9 Å². The predicted octanol–water partition coefficient (Wildman–Crippen LogP) is 2.56. The van der Waals surface area contributed by atoms with Crippen LogP contribution < -0.4 is 4.74 Å². The highest BCUT2D eigenvalue weighted by Crippen LogP contribution is 2.27. The van der Waals surface area contributed by atoms with Crippen molar-refractivity contribution in [3.63, 3.8) is 0 Å². The van der Waals surface area contributed by atoms with Gasteiger partial charge in [0.15, 0.2) is 0 Å². The summed E-state index contributed by atoms with van der Waals surface area (Å²) in [5.41, 5.74) is 1.26. The molecule has 4 nitrogen and oxygen atoms in total. The molecule has 0 atom stereocenters. The van der Waals surface area contributed by atoms with Gasteiger partial charge in [-0.15, -0.1) is 0 Å². The molecule has 0 N–H and O–H groups in total. The van der Waals surface area contributed by atoms with Crippen LogP contribution in [0, 0.1) is 11.3 Å². The normalized spacial score (nSPS) is 11.2. The Labute approximate surface area is 106 Å². The summed E-state index contributed by atoms with van der Waals surface area (Å²) in [6.07, 6.45) is 0. The average molecular weight is 245 g/mol. The highest BCUT2D eigenvalue weighted by Gasteiger charge is 2.16. The van der Waals surface area contributed by atoms with Gasteiger partial charge in [0, 0.05) is 5.56 Å². The van der Waals surface area contributed by atoms with E-state index < -0.39 is 5.97 Å². The second-order valence-corrected chi connectivity index (χ2v) is 3.53. The Morgan fingerprint density at radius 2 is 2.06 bits per heavy atom. The van der Waals surface area contributed by atoms with Crippen LogP contribution in [0.1, 0.15) is 19.4 Å². The summed E-state index contributed by atoms with van der Waals surface area (Å²) in [6.45, 7) is 3.64. The fourth-order valence-electron chi connectivity index (χ4n) is 1.57. The molecule has 0 saturated heterocycles. The van der Waals surface area contributed by atoms with E-state index in [4.69, 9.17) is 14.7 Å². The predicted molar refractivity (Wildman–Crippen MR) is 67.8 cm³/mol. The van der Waals surface area contributed by atoms with E-state index in [1.807, 2.05) is 18.2 Å². The first-order chi connectivity index (χ1) is 8.65. The van der Waals surface area contributed by atoms with Crippen molar-refractivity contribution in [1.29, 1.82) is 5.26 Å². The number of methoxy groups -OCH3 is 1. The molecule has 0 spiro atoms. The van der Waals surface area contributed by atoms with E-state index >= 15 is 0 Å². The molecule has 0 amide bonds. The van der Waals surface area contributed by atoms with Gasteiger partial charge in [-0.1, -0.05) is 18.2 Å². The van der Waals surface area contributed by atoms with Crippen LogP contribution in [0.4, 0.5) is 0 Å². The van der Waals surface area contributed by atoms with Gasteiger partial charge in [-0.2, -0.15) is 5.26 Å².